The summed E-state index contributed by atoms with van der Waals surface area (Å²) in [5.74, 6) is 0. The Morgan fingerprint density at radius 2 is 1.05 bits per heavy atom. The Balaban J connectivity index is 1.18. The number of rotatable bonds is 7. The Bertz CT molecular complexity index is 3480. The molecule has 0 saturated carbocycles. The maximum Gasteiger partial charge on any atom is 0.0637 e. The molecule has 61 heavy (non-hydrogen) atoms. The van der Waals surface area contributed by atoms with E-state index in [0.717, 1.165) is 39.4 Å². The van der Waals surface area contributed by atoms with Gasteiger partial charge >= 0.3 is 0 Å². The molecule has 0 spiro atoms. The van der Waals surface area contributed by atoms with E-state index in [9.17, 15) is 0 Å². The molecule has 0 atom stereocenters. The van der Waals surface area contributed by atoms with E-state index in [2.05, 4.69) is 231 Å². The van der Waals surface area contributed by atoms with Gasteiger partial charge in [-0.15, -0.1) is 0 Å². The van der Waals surface area contributed by atoms with Crippen molar-refractivity contribution in [2.45, 2.75) is 40.0 Å². The normalized spacial score (nSPS) is 13.7. The van der Waals surface area contributed by atoms with Gasteiger partial charge in [0.05, 0.1) is 39.1 Å². The van der Waals surface area contributed by atoms with Gasteiger partial charge in [0.25, 0.3) is 0 Å². The molecule has 0 radical (unpaired) electrons. The molecular weight excluding hydrogens is 739 g/mol. The molecule has 11 rings (SSSR count). The maximum atomic E-state index is 4.39. The second-order valence-corrected chi connectivity index (χ2v) is 16.9. The largest absolute Gasteiger partial charge is 0.313 e. The molecule has 0 amide bonds. The smallest absolute Gasteiger partial charge is 0.0637 e. The van der Waals surface area contributed by atoms with Crippen molar-refractivity contribution in [3.8, 4) is 39.4 Å². The lowest BCUT2D eigenvalue weighted by Crippen LogP contribution is -2.16. The summed E-state index contributed by atoms with van der Waals surface area (Å²) in [6, 6.07) is 59.9. The van der Waals surface area contributed by atoms with Gasteiger partial charge in [0.2, 0.25) is 0 Å². The van der Waals surface area contributed by atoms with Crippen LogP contribution in [0.5, 0.6) is 0 Å². The summed E-state index contributed by atoms with van der Waals surface area (Å²) < 4.78 is 7.41. The van der Waals surface area contributed by atoms with E-state index in [-0.39, 0.29) is 5.41 Å². The van der Waals surface area contributed by atoms with Crippen LogP contribution < -0.4 is 0 Å². The molecule has 3 aromatic heterocycles. The molecule has 3 nitrogen and oxygen atoms in total. The van der Waals surface area contributed by atoms with Crippen LogP contribution in [0.4, 0.5) is 0 Å². The van der Waals surface area contributed by atoms with Crippen molar-refractivity contribution >= 4 is 55.3 Å². The first-order valence-electron chi connectivity index (χ1n) is 21.4. The molecule has 3 heterocycles. The second-order valence-electron chi connectivity index (χ2n) is 16.9. The number of benzene rings is 7. The minimum atomic E-state index is -0.144. The van der Waals surface area contributed by atoms with Crippen molar-refractivity contribution in [3.05, 3.63) is 210 Å². The first-order valence-corrected chi connectivity index (χ1v) is 21.4. The third kappa shape index (κ3) is 5.17. The minimum absolute atomic E-state index is 0.144. The number of allylic oxidation sites excluding steroid dienone is 4. The van der Waals surface area contributed by atoms with Gasteiger partial charge in [-0.3, -0.25) is 0 Å². The molecule has 3 heteroatoms. The van der Waals surface area contributed by atoms with Gasteiger partial charge in [0.1, 0.15) is 0 Å². The molecule has 10 aromatic rings. The zero-order valence-electron chi connectivity index (χ0n) is 35.4. The number of fused-ring (bicyclic) bond motifs is 7. The summed E-state index contributed by atoms with van der Waals surface area (Å²) >= 11 is 0. The van der Waals surface area contributed by atoms with Crippen LogP contribution in [-0.2, 0) is 5.41 Å². The zero-order chi connectivity index (χ0) is 41.6. The maximum absolute atomic E-state index is 4.39. The van der Waals surface area contributed by atoms with Gasteiger partial charge in [0.15, 0.2) is 0 Å². The van der Waals surface area contributed by atoms with E-state index in [1.54, 1.807) is 0 Å². The summed E-state index contributed by atoms with van der Waals surface area (Å²) in [5, 5.41) is 5.00. The van der Waals surface area contributed by atoms with Crippen molar-refractivity contribution < 1.29 is 0 Å². The van der Waals surface area contributed by atoms with Crippen molar-refractivity contribution in [1.82, 2.24) is 13.7 Å². The highest BCUT2D eigenvalue weighted by Gasteiger charge is 2.38. The zero-order valence-corrected chi connectivity index (χ0v) is 35.4. The Morgan fingerprint density at radius 3 is 1.70 bits per heavy atom. The fourth-order valence-corrected chi connectivity index (χ4v) is 10.9. The average molecular weight is 786 g/mol. The summed E-state index contributed by atoms with van der Waals surface area (Å²) in [4.78, 5) is 0. The fraction of sp³-hybridized carbons (Fsp3) is 0.103. The van der Waals surface area contributed by atoms with E-state index in [0.29, 0.717) is 0 Å². The van der Waals surface area contributed by atoms with Crippen molar-refractivity contribution in [1.29, 1.82) is 0 Å². The van der Waals surface area contributed by atoms with Crippen LogP contribution >= 0.6 is 0 Å². The number of hydrogen-bond donors (Lipinski definition) is 0. The SMILES string of the molecule is C=Cc1c(-c2c(C)n(-c3ccccc3-c3ccccc3-n3c4ccccc4c4c5c(ccc43)C(C)=C(/C=C\C)C5(C)C)c3ccccc23)n(-c2ccccc2)c2ccccc12. The summed E-state index contributed by atoms with van der Waals surface area (Å²) in [7, 11) is 0. The summed E-state index contributed by atoms with van der Waals surface area (Å²) in [6.45, 7) is 15.9. The van der Waals surface area contributed by atoms with E-state index < -0.39 is 0 Å². The van der Waals surface area contributed by atoms with Crippen LogP contribution in [-0.4, -0.2) is 13.7 Å². The highest BCUT2D eigenvalue weighted by Crippen LogP contribution is 2.52. The highest BCUT2D eigenvalue weighted by atomic mass is 15.0. The van der Waals surface area contributed by atoms with Gasteiger partial charge in [-0.2, -0.15) is 0 Å². The van der Waals surface area contributed by atoms with E-state index in [4.69, 9.17) is 0 Å². The lowest BCUT2D eigenvalue weighted by Gasteiger charge is -2.24. The van der Waals surface area contributed by atoms with Crippen LogP contribution in [0.3, 0.4) is 0 Å². The molecule has 294 valence electrons. The molecule has 0 N–H and O–H groups in total. The van der Waals surface area contributed by atoms with Gasteiger partial charge in [-0.1, -0.05) is 154 Å². The molecule has 1 aliphatic carbocycles. The molecule has 0 unspecified atom stereocenters. The third-order valence-corrected chi connectivity index (χ3v) is 13.3. The molecule has 0 saturated heterocycles. The quantitative estimate of drug-likeness (QED) is 0.153. The molecule has 0 fully saturated rings. The van der Waals surface area contributed by atoms with Gasteiger partial charge in [0, 0.05) is 60.6 Å². The number of hydrogen-bond acceptors (Lipinski definition) is 0. The minimum Gasteiger partial charge on any atom is -0.313 e. The molecular formula is C58H47N3. The predicted octanol–water partition coefficient (Wildman–Crippen LogP) is 15.6. The van der Waals surface area contributed by atoms with Crippen molar-refractivity contribution in [3.63, 3.8) is 0 Å². The molecule has 0 aliphatic heterocycles. The molecule has 7 aromatic carbocycles. The standard InChI is InChI=1S/C58H47N3/c1-7-22-47-37(3)41-35-36-53-55(56(41)58(47,5)6)46-29-16-21-34-52(46)61(53)50-32-19-14-27-44(50)43-26-13-17-30-48(43)59-38(4)54(45-28-15-20-33-51(45)59)57-40(8-2)42-25-12-18-31-49(42)60(57)39-23-10-9-11-24-39/h7-36H,2H2,1,3-6H3/b22-7-. The fourth-order valence-electron chi connectivity index (χ4n) is 10.9. The second kappa shape index (κ2) is 13.9. The lowest BCUT2D eigenvalue weighted by atomic mass is 9.79. The number of para-hydroxylation sites is 6. The average Bonchev–Trinajstić information content (AvgIpc) is 3.96. The van der Waals surface area contributed by atoms with E-state index in [1.807, 2.05) is 6.08 Å². The van der Waals surface area contributed by atoms with Gasteiger partial charge < -0.3 is 13.7 Å². The highest BCUT2D eigenvalue weighted by molar-refractivity contribution is 6.14. The molecule has 1 aliphatic rings. The topological polar surface area (TPSA) is 14.8 Å². The number of nitrogens with zero attached hydrogens (tertiary/aromatic N) is 3. The molecule has 0 bridgehead atoms. The van der Waals surface area contributed by atoms with Crippen LogP contribution in [0.2, 0.25) is 0 Å². The first-order chi connectivity index (χ1) is 29.8. The van der Waals surface area contributed by atoms with Crippen LogP contribution in [0, 0.1) is 6.92 Å². The Morgan fingerprint density at radius 1 is 0.508 bits per heavy atom. The van der Waals surface area contributed by atoms with Crippen molar-refractivity contribution in [2.75, 3.05) is 0 Å². The van der Waals surface area contributed by atoms with Gasteiger partial charge in [-0.05, 0) is 91.6 Å². The Hall–Kier alpha value is -7.36. The van der Waals surface area contributed by atoms with Crippen LogP contribution in [0.25, 0.3) is 94.7 Å². The summed E-state index contributed by atoms with van der Waals surface area (Å²) in [5.41, 5.74) is 20.5. The first kappa shape index (κ1) is 36.7. The van der Waals surface area contributed by atoms with Crippen LogP contribution in [0.15, 0.2) is 188 Å². The summed E-state index contributed by atoms with van der Waals surface area (Å²) in [6.07, 6.45) is 6.53. The Labute approximate surface area is 357 Å². The van der Waals surface area contributed by atoms with Crippen LogP contribution in [0.1, 0.15) is 50.1 Å². The van der Waals surface area contributed by atoms with E-state index in [1.165, 1.54) is 77.2 Å². The van der Waals surface area contributed by atoms with Gasteiger partial charge in [-0.25, -0.2) is 0 Å². The Kier molecular flexibility index (Phi) is 8.34. The third-order valence-electron chi connectivity index (χ3n) is 13.3. The van der Waals surface area contributed by atoms with Crippen molar-refractivity contribution in [2.24, 2.45) is 0 Å². The number of aromatic nitrogens is 3. The predicted molar refractivity (Wildman–Crippen MR) is 261 cm³/mol. The monoisotopic (exact) mass is 785 g/mol. The van der Waals surface area contributed by atoms with E-state index >= 15 is 0 Å². The lowest BCUT2D eigenvalue weighted by molar-refractivity contribution is 0.660.